The summed E-state index contributed by atoms with van der Waals surface area (Å²) in [7, 11) is 0. The van der Waals surface area contributed by atoms with E-state index in [9.17, 15) is 5.11 Å². The lowest BCUT2D eigenvalue weighted by molar-refractivity contribution is 0.240. The fourth-order valence-electron chi connectivity index (χ4n) is 2.75. The average Bonchev–Trinajstić information content (AvgIpc) is 2.45. The SMILES string of the molecule is CC(C)(C)NCc1ccc(N2CCCCC2CO)cc1Cl. The Hall–Kier alpha value is -0.770. The first-order valence-corrected chi connectivity index (χ1v) is 8.19. The fraction of sp³-hybridized carbons (Fsp3) is 0.647. The van der Waals surface area contributed by atoms with Crippen LogP contribution in [0.2, 0.25) is 5.02 Å². The van der Waals surface area contributed by atoms with E-state index in [0.29, 0.717) is 0 Å². The Bertz CT molecular complexity index is 470. The Labute approximate surface area is 133 Å². The Kier molecular flexibility index (Phi) is 5.53. The van der Waals surface area contributed by atoms with Gasteiger partial charge in [0.1, 0.15) is 0 Å². The first-order chi connectivity index (χ1) is 9.90. The summed E-state index contributed by atoms with van der Waals surface area (Å²) in [4.78, 5) is 2.29. The molecule has 3 nitrogen and oxygen atoms in total. The van der Waals surface area contributed by atoms with Crippen LogP contribution in [0, 0.1) is 0 Å². The van der Waals surface area contributed by atoms with Crippen LogP contribution in [0.15, 0.2) is 18.2 Å². The molecular formula is C17H27ClN2O. The average molecular weight is 311 g/mol. The number of nitrogens with zero attached hydrogens (tertiary/aromatic N) is 1. The molecule has 1 fully saturated rings. The van der Waals surface area contributed by atoms with Gasteiger partial charge in [-0.1, -0.05) is 17.7 Å². The molecule has 1 unspecified atom stereocenters. The largest absolute Gasteiger partial charge is 0.394 e. The van der Waals surface area contributed by atoms with Crippen molar-refractivity contribution in [2.45, 2.75) is 58.2 Å². The van der Waals surface area contributed by atoms with E-state index in [1.54, 1.807) is 0 Å². The number of halogens is 1. The molecule has 0 aromatic heterocycles. The highest BCUT2D eigenvalue weighted by molar-refractivity contribution is 6.31. The third-order valence-corrected chi connectivity index (χ3v) is 4.37. The Morgan fingerprint density at radius 3 is 2.71 bits per heavy atom. The van der Waals surface area contributed by atoms with Crippen LogP contribution in [-0.2, 0) is 6.54 Å². The molecule has 118 valence electrons. The zero-order valence-electron chi connectivity index (χ0n) is 13.3. The van der Waals surface area contributed by atoms with E-state index in [-0.39, 0.29) is 18.2 Å². The molecule has 0 amide bonds. The van der Waals surface area contributed by atoms with E-state index in [2.05, 4.69) is 43.1 Å². The van der Waals surface area contributed by atoms with E-state index in [0.717, 1.165) is 35.8 Å². The van der Waals surface area contributed by atoms with Crippen LogP contribution in [0.25, 0.3) is 0 Å². The maximum absolute atomic E-state index is 9.54. The number of aliphatic hydroxyl groups excluding tert-OH is 1. The van der Waals surface area contributed by atoms with Crippen molar-refractivity contribution >= 4 is 17.3 Å². The Morgan fingerprint density at radius 1 is 1.33 bits per heavy atom. The quantitative estimate of drug-likeness (QED) is 0.892. The monoisotopic (exact) mass is 310 g/mol. The number of anilines is 1. The van der Waals surface area contributed by atoms with E-state index in [1.807, 2.05) is 6.07 Å². The number of rotatable bonds is 4. The highest BCUT2D eigenvalue weighted by Crippen LogP contribution is 2.29. The van der Waals surface area contributed by atoms with Gasteiger partial charge < -0.3 is 15.3 Å². The molecular weight excluding hydrogens is 284 g/mol. The first-order valence-electron chi connectivity index (χ1n) is 7.81. The van der Waals surface area contributed by atoms with Gasteiger partial charge in [0.2, 0.25) is 0 Å². The van der Waals surface area contributed by atoms with Gasteiger partial charge in [-0.3, -0.25) is 0 Å². The minimum Gasteiger partial charge on any atom is -0.394 e. The standard InChI is InChI=1S/C17H27ClN2O/c1-17(2,3)19-11-13-7-8-14(10-16(13)18)20-9-5-4-6-15(20)12-21/h7-8,10,15,19,21H,4-6,9,11-12H2,1-3H3. The zero-order valence-corrected chi connectivity index (χ0v) is 14.1. The van der Waals surface area contributed by atoms with Gasteiger partial charge in [0.25, 0.3) is 0 Å². The van der Waals surface area contributed by atoms with Gasteiger partial charge in [0.15, 0.2) is 0 Å². The van der Waals surface area contributed by atoms with Crippen molar-refractivity contribution in [1.29, 1.82) is 0 Å². The molecule has 21 heavy (non-hydrogen) atoms. The molecule has 0 aliphatic carbocycles. The first kappa shape index (κ1) is 16.6. The van der Waals surface area contributed by atoms with Crippen molar-refractivity contribution in [3.63, 3.8) is 0 Å². The molecule has 0 bridgehead atoms. The maximum Gasteiger partial charge on any atom is 0.0635 e. The lowest BCUT2D eigenvalue weighted by Crippen LogP contribution is -2.41. The molecule has 1 heterocycles. The predicted octanol–water partition coefficient (Wildman–Crippen LogP) is 3.58. The van der Waals surface area contributed by atoms with Gasteiger partial charge in [-0.15, -0.1) is 0 Å². The van der Waals surface area contributed by atoms with Crippen molar-refractivity contribution in [1.82, 2.24) is 5.32 Å². The van der Waals surface area contributed by atoms with Crippen molar-refractivity contribution in [3.05, 3.63) is 28.8 Å². The van der Waals surface area contributed by atoms with Gasteiger partial charge in [-0.2, -0.15) is 0 Å². The molecule has 2 rings (SSSR count). The van der Waals surface area contributed by atoms with E-state index in [4.69, 9.17) is 11.6 Å². The molecule has 2 N–H and O–H groups in total. The minimum absolute atomic E-state index is 0.0802. The second kappa shape index (κ2) is 6.99. The molecule has 0 spiro atoms. The minimum atomic E-state index is 0.0802. The number of benzene rings is 1. The van der Waals surface area contributed by atoms with Gasteiger partial charge >= 0.3 is 0 Å². The lowest BCUT2D eigenvalue weighted by Gasteiger charge is -2.36. The highest BCUT2D eigenvalue weighted by Gasteiger charge is 2.22. The third-order valence-electron chi connectivity index (χ3n) is 4.02. The molecule has 1 aliphatic heterocycles. The van der Waals surface area contributed by atoms with Crippen LogP contribution in [0.4, 0.5) is 5.69 Å². The second-order valence-corrected chi connectivity index (χ2v) is 7.31. The highest BCUT2D eigenvalue weighted by atomic mass is 35.5. The Morgan fingerprint density at radius 2 is 2.10 bits per heavy atom. The molecule has 0 saturated carbocycles. The molecule has 1 saturated heterocycles. The van der Waals surface area contributed by atoms with Crippen LogP contribution in [0.5, 0.6) is 0 Å². The van der Waals surface area contributed by atoms with Crippen LogP contribution >= 0.6 is 11.6 Å². The van der Waals surface area contributed by atoms with Crippen LogP contribution < -0.4 is 10.2 Å². The summed E-state index contributed by atoms with van der Waals surface area (Å²) in [5, 5.41) is 13.8. The molecule has 1 atom stereocenters. The molecule has 4 heteroatoms. The van der Waals surface area contributed by atoms with E-state index in [1.165, 1.54) is 12.8 Å². The van der Waals surface area contributed by atoms with Gasteiger partial charge in [-0.05, 0) is 57.7 Å². The molecule has 1 aromatic carbocycles. The van der Waals surface area contributed by atoms with Gasteiger partial charge in [-0.25, -0.2) is 0 Å². The Balaban J connectivity index is 2.10. The number of nitrogens with one attached hydrogen (secondary N) is 1. The summed E-state index contributed by atoms with van der Waals surface area (Å²) in [6.07, 6.45) is 3.44. The number of hydrogen-bond donors (Lipinski definition) is 2. The molecule has 1 aliphatic rings. The normalized spacial score (nSPS) is 19.9. The van der Waals surface area contributed by atoms with Crippen molar-refractivity contribution in [2.24, 2.45) is 0 Å². The van der Waals surface area contributed by atoms with E-state index >= 15 is 0 Å². The summed E-state index contributed by atoms with van der Waals surface area (Å²) < 4.78 is 0. The number of aliphatic hydroxyl groups is 1. The summed E-state index contributed by atoms with van der Waals surface area (Å²) in [5.41, 5.74) is 2.32. The molecule has 0 radical (unpaired) electrons. The topological polar surface area (TPSA) is 35.5 Å². The summed E-state index contributed by atoms with van der Waals surface area (Å²) >= 11 is 6.44. The smallest absolute Gasteiger partial charge is 0.0635 e. The number of piperidine rings is 1. The second-order valence-electron chi connectivity index (χ2n) is 6.90. The lowest BCUT2D eigenvalue weighted by atomic mass is 10.0. The van der Waals surface area contributed by atoms with Gasteiger partial charge in [0.05, 0.1) is 12.6 Å². The van der Waals surface area contributed by atoms with Crippen LogP contribution in [-0.4, -0.2) is 29.8 Å². The summed E-state index contributed by atoms with van der Waals surface area (Å²) in [5.74, 6) is 0. The van der Waals surface area contributed by atoms with Gasteiger partial charge in [0, 0.05) is 29.3 Å². The maximum atomic E-state index is 9.54. The van der Waals surface area contributed by atoms with Crippen molar-refractivity contribution < 1.29 is 5.11 Å². The summed E-state index contributed by atoms with van der Waals surface area (Å²) in [6.45, 7) is 8.43. The van der Waals surface area contributed by atoms with Crippen molar-refractivity contribution in [2.75, 3.05) is 18.1 Å². The molecule has 1 aromatic rings. The number of hydrogen-bond acceptors (Lipinski definition) is 3. The zero-order chi connectivity index (χ0) is 15.5. The predicted molar refractivity (Wildman–Crippen MR) is 90.1 cm³/mol. The summed E-state index contributed by atoms with van der Waals surface area (Å²) in [6, 6.07) is 6.49. The fourth-order valence-corrected chi connectivity index (χ4v) is 2.99. The van der Waals surface area contributed by atoms with Crippen molar-refractivity contribution in [3.8, 4) is 0 Å². The van der Waals surface area contributed by atoms with Crippen LogP contribution in [0.3, 0.4) is 0 Å². The third kappa shape index (κ3) is 4.60. The van der Waals surface area contributed by atoms with E-state index < -0.39 is 0 Å². The van der Waals surface area contributed by atoms with Crippen LogP contribution in [0.1, 0.15) is 45.6 Å².